The average Bonchev–Trinajstić information content (AvgIpc) is 3.77. The Morgan fingerprint density at radius 2 is 1.59 bits per heavy atom. The van der Waals surface area contributed by atoms with Crippen LogP contribution in [0.25, 0.3) is 12.2 Å². The number of H-pyrrole nitrogens is 2. The largest absolute Gasteiger partial charge is 0.387 e. The van der Waals surface area contributed by atoms with Crippen molar-refractivity contribution < 1.29 is 19.1 Å². The summed E-state index contributed by atoms with van der Waals surface area (Å²) in [6.45, 7) is 6.25. The molecular weight excluding hydrogens is 584 g/mol. The summed E-state index contributed by atoms with van der Waals surface area (Å²) < 4.78 is 5.22. The Morgan fingerprint density at radius 1 is 0.935 bits per heavy atom. The molecule has 46 heavy (non-hydrogen) atoms. The van der Waals surface area contributed by atoms with E-state index >= 15 is 0 Å². The number of anilines is 3. The maximum atomic E-state index is 12.2. The summed E-state index contributed by atoms with van der Waals surface area (Å²) in [4.78, 5) is 47.2. The molecule has 0 radical (unpaired) electrons. The summed E-state index contributed by atoms with van der Waals surface area (Å²) in [5, 5.41) is 8.74. The van der Waals surface area contributed by atoms with Crippen molar-refractivity contribution in [1.29, 1.82) is 0 Å². The summed E-state index contributed by atoms with van der Waals surface area (Å²) in [5.74, 6) is -0.284. The smallest absolute Gasteiger partial charge is 0.257 e. The number of hydrogen-bond acceptors (Lipinski definition) is 9. The van der Waals surface area contributed by atoms with E-state index in [0.717, 1.165) is 68.3 Å². The zero-order chi connectivity index (χ0) is 33.1. The van der Waals surface area contributed by atoms with Crippen molar-refractivity contribution in [2.75, 3.05) is 83.1 Å². The van der Waals surface area contributed by atoms with Crippen LogP contribution in [-0.2, 0) is 4.74 Å². The number of benzene rings is 1. The lowest BCUT2D eigenvalue weighted by molar-refractivity contribution is 0.0386. The first kappa shape index (κ1) is 35.4. The van der Waals surface area contributed by atoms with Gasteiger partial charge in [0.05, 0.1) is 47.2 Å². The topological polar surface area (TPSA) is 147 Å². The number of carbonyl (C=O) groups excluding carboxylic acids is 3. The van der Waals surface area contributed by atoms with E-state index in [2.05, 4.69) is 47.9 Å². The van der Waals surface area contributed by atoms with E-state index < -0.39 is 0 Å². The zero-order valence-corrected chi connectivity index (χ0v) is 26.9. The number of hydrogen-bond donors (Lipinski definition) is 5. The fraction of sp³-hybridized carbons (Fsp3) is 0.294. The van der Waals surface area contributed by atoms with Crippen molar-refractivity contribution in [2.24, 2.45) is 0 Å². The standard InChI is InChI=1S/C21H20N4O2.C7H16N2O.C6H8N2O/c1-25(2)20-9-4-15(5-10-20)3-7-17-8-6-16(12-22-17)21(27)24-18-11-19(14-26)23-13-18;1-8-2-3-9-4-6-10-7-5-9;1-7-5-2-6(4-9)8-3-5/h3-14,23H,1-2H3,(H,24,27);8H,2-7H2,1H3;2-4,7-8H,1H3/b7-3+;;. The van der Waals surface area contributed by atoms with Gasteiger partial charge in [-0.2, -0.15) is 0 Å². The van der Waals surface area contributed by atoms with Crippen molar-refractivity contribution in [1.82, 2.24) is 25.2 Å². The average molecular weight is 629 g/mol. The SMILES string of the molecule is CN(C)c1ccc(/C=C/c2ccc(C(=O)Nc3c[nH]c(C=O)c3)cn2)cc1.CNCCN1CCOCC1.CNc1c[nH]c(C=O)c1. The summed E-state index contributed by atoms with van der Waals surface area (Å²) in [7, 11) is 7.80. The number of carbonyl (C=O) groups is 3. The molecule has 1 aromatic carbocycles. The van der Waals surface area contributed by atoms with Crippen LogP contribution in [0.4, 0.5) is 17.1 Å². The Labute approximate surface area is 270 Å². The van der Waals surface area contributed by atoms with Crippen molar-refractivity contribution in [3.8, 4) is 0 Å². The molecule has 1 saturated heterocycles. The van der Waals surface area contributed by atoms with E-state index in [0.29, 0.717) is 28.9 Å². The van der Waals surface area contributed by atoms with Crippen molar-refractivity contribution in [3.63, 3.8) is 0 Å². The molecule has 1 fully saturated rings. The highest BCUT2D eigenvalue weighted by Gasteiger charge is 2.09. The molecule has 12 nitrogen and oxygen atoms in total. The second-order valence-corrected chi connectivity index (χ2v) is 10.5. The van der Waals surface area contributed by atoms with E-state index in [1.165, 1.54) is 6.20 Å². The first-order valence-corrected chi connectivity index (χ1v) is 15.0. The van der Waals surface area contributed by atoms with E-state index in [4.69, 9.17) is 4.74 Å². The van der Waals surface area contributed by atoms with Crippen LogP contribution in [0, 0.1) is 0 Å². The number of ether oxygens (including phenoxy) is 1. The van der Waals surface area contributed by atoms with Gasteiger partial charge in [-0.05, 0) is 55.1 Å². The quantitative estimate of drug-likeness (QED) is 0.155. The lowest BCUT2D eigenvalue weighted by atomic mass is 10.1. The summed E-state index contributed by atoms with van der Waals surface area (Å²) in [5.41, 5.74) is 5.88. The number of aldehydes is 2. The summed E-state index contributed by atoms with van der Waals surface area (Å²) in [6, 6.07) is 15.0. The second kappa shape index (κ2) is 19.4. The Bertz CT molecular complexity index is 1500. The Morgan fingerprint density at radius 3 is 2.11 bits per heavy atom. The molecule has 1 aliphatic rings. The van der Waals surface area contributed by atoms with Crippen molar-refractivity contribution >= 4 is 47.7 Å². The van der Waals surface area contributed by atoms with Crippen LogP contribution in [0.2, 0.25) is 0 Å². The van der Waals surface area contributed by atoms with E-state index in [-0.39, 0.29) is 5.91 Å². The molecule has 0 unspecified atom stereocenters. The molecule has 0 spiro atoms. The van der Waals surface area contributed by atoms with Gasteiger partial charge in [-0.25, -0.2) is 0 Å². The highest BCUT2D eigenvalue weighted by Crippen LogP contribution is 2.15. The van der Waals surface area contributed by atoms with Gasteiger partial charge in [0.1, 0.15) is 0 Å². The van der Waals surface area contributed by atoms with Gasteiger partial charge in [-0.15, -0.1) is 0 Å². The number of likely N-dealkylation sites (N-methyl/N-ethyl adjacent to an activating group) is 1. The van der Waals surface area contributed by atoms with Crippen LogP contribution >= 0.6 is 0 Å². The zero-order valence-electron chi connectivity index (χ0n) is 26.9. The number of aromatic nitrogens is 3. The van der Waals surface area contributed by atoms with Gasteiger partial charge in [0.25, 0.3) is 5.91 Å². The number of amides is 1. The van der Waals surface area contributed by atoms with E-state index in [1.807, 2.05) is 50.3 Å². The Balaban J connectivity index is 0.000000246. The van der Waals surface area contributed by atoms with Gasteiger partial charge in [-0.1, -0.05) is 18.2 Å². The van der Waals surface area contributed by atoms with Crippen LogP contribution < -0.4 is 20.9 Å². The molecule has 0 saturated carbocycles. The van der Waals surface area contributed by atoms with Crippen LogP contribution in [0.3, 0.4) is 0 Å². The highest BCUT2D eigenvalue weighted by molar-refractivity contribution is 6.04. The molecule has 0 atom stereocenters. The first-order chi connectivity index (χ1) is 22.3. The van der Waals surface area contributed by atoms with Gasteiger partial charge < -0.3 is 35.6 Å². The lowest BCUT2D eigenvalue weighted by Gasteiger charge is -2.26. The molecule has 1 amide bonds. The third kappa shape index (κ3) is 12.2. The minimum Gasteiger partial charge on any atom is -0.387 e. The fourth-order valence-corrected chi connectivity index (χ4v) is 4.18. The number of aromatic amines is 2. The number of rotatable bonds is 11. The fourth-order valence-electron chi connectivity index (χ4n) is 4.18. The highest BCUT2D eigenvalue weighted by atomic mass is 16.5. The molecule has 5 rings (SSSR count). The van der Waals surface area contributed by atoms with Gasteiger partial charge >= 0.3 is 0 Å². The Hall–Kier alpha value is -5.04. The van der Waals surface area contributed by atoms with Crippen molar-refractivity contribution in [3.05, 3.63) is 95.3 Å². The van der Waals surface area contributed by atoms with Crippen LogP contribution in [0.1, 0.15) is 42.6 Å². The number of nitrogens with zero attached hydrogens (tertiary/aromatic N) is 3. The second-order valence-electron chi connectivity index (χ2n) is 10.5. The first-order valence-electron chi connectivity index (χ1n) is 15.0. The predicted molar refractivity (Wildman–Crippen MR) is 185 cm³/mol. The molecule has 0 bridgehead atoms. The number of pyridine rings is 1. The monoisotopic (exact) mass is 628 g/mol. The predicted octanol–water partition coefficient (Wildman–Crippen LogP) is 4.12. The minimum atomic E-state index is -0.284. The molecule has 4 heterocycles. The normalized spacial score (nSPS) is 12.7. The molecule has 3 aromatic heterocycles. The molecule has 12 heteroatoms. The molecule has 244 valence electrons. The van der Waals surface area contributed by atoms with Gasteiger partial charge in [-0.3, -0.25) is 24.3 Å². The third-order valence-electron chi connectivity index (χ3n) is 6.90. The summed E-state index contributed by atoms with van der Waals surface area (Å²) >= 11 is 0. The minimum absolute atomic E-state index is 0.284. The van der Waals surface area contributed by atoms with Crippen molar-refractivity contribution in [2.45, 2.75) is 0 Å². The van der Waals surface area contributed by atoms with Crippen LogP contribution in [0.15, 0.2) is 67.1 Å². The van der Waals surface area contributed by atoms with Crippen LogP contribution in [-0.4, -0.2) is 106 Å². The lowest BCUT2D eigenvalue weighted by Crippen LogP contribution is -2.39. The Kier molecular flexibility index (Phi) is 14.9. The molecular formula is C34H44N8O4. The summed E-state index contributed by atoms with van der Waals surface area (Å²) in [6.07, 6.45) is 10.2. The van der Waals surface area contributed by atoms with Gasteiger partial charge in [0.15, 0.2) is 12.6 Å². The molecule has 4 aromatic rings. The number of nitrogens with one attached hydrogen (secondary N) is 5. The van der Waals surface area contributed by atoms with Gasteiger partial charge in [0.2, 0.25) is 0 Å². The third-order valence-corrected chi connectivity index (χ3v) is 6.90. The maximum absolute atomic E-state index is 12.2. The van der Waals surface area contributed by atoms with Crippen LogP contribution in [0.5, 0.6) is 0 Å². The number of morpholine rings is 1. The van der Waals surface area contributed by atoms with E-state index in [1.54, 1.807) is 43.7 Å². The molecule has 1 aliphatic heterocycles. The maximum Gasteiger partial charge on any atom is 0.257 e. The van der Waals surface area contributed by atoms with E-state index in [9.17, 15) is 14.4 Å². The van der Waals surface area contributed by atoms with Gasteiger partial charge in [0, 0.05) is 71.6 Å². The molecule has 5 N–H and O–H groups in total. The molecule has 0 aliphatic carbocycles.